The minimum Gasteiger partial charge on any atom is -0.396 e. The molecule has 0 bridgehead atoms. The topological polar surface area (TPSA) is 32.3 Å². The van der Waals surface area contributed by atoms with Crippen molar-refractivity contribution in [3.8, 4) is 0 Å². The molecule has 2 fully saturated rings. The van der Waals surface area contributed by atoms with Crippen molar-refractivity contribution in [1.82, 2.24) is 5.32 Å². The summed E-state index contributed by atoms with van der Waals surface area (Å²) in [6.07, 6.45) is 6.66. The lowest BCUT2D eigenvalue weighted by Crippen LogP contribution is -2.34. The van der Waals surface area contributed by atoms with Gasteiger partial charge in [0.25, 0.3) is 0 Å². The molecule has 0 aromatic heterocycles. The second-order valence-corrected chi connectivity index (χ2v) is 4.23. The van der Waals surface area contributed by atoms with E-state index in [2.05, 4.69) is 5.32 Å². The molecular weight excluding hydrogens is 150 g/mol. The SMILES string of the molecule is OCCCNC(C1CC1)C1CC1. The van der Waals surface area contributed by atoms with Crippen LogP contribution in [0.4, 0.5) is 0 Å². The number of hydrogen-bond acceptors (Lipinski definition) is 2. The molecule has 0 atom stereocenters. The average Bonchev–Trinajstić information content (AvgIpc) is 2.87. The maximum Gasteiger partial charge on any atom is 0.0443 e. The Morgan fingerprint density at radius 1 is 1.17 bits per heavy atom. The molecule has 12 heavy (non-hydrogen) atoms. The monoisotopic (exact) mass is 169 g/mol. The Labute approximate surface area is 74.4 Å². The van der Waals surface area contributed by atoms with Crippen LogP contribution in [0.3, 0.4) is 0 Å². The van der Waals surface area contributed by atoms with Gasteiger partial charge < -0.3 is 10.4 Å². The third-order valence-electron chi connectivity index (χ3n) is 2.97. The van der Waals surface area contributed by atoms with E-state index in [1.54, 1.807) is 0 Å². The summed E-state index contributed by atoms with van der Waals surface area (Å²) in [5, 5.41) is 12.2. The van der Waals surface area contributed by atoms with Gasteiger partial charge in [-0.25, -0.2) is 0 Å². The molecule has 0 radical (unpaired) electrons. The van der Waals surface area contributed by atoms with Crippen LogP contribution in [0.1, 0.15) is 32.1 Å². The van der Waals surface area contributed by atoms with Crippen molar-refractivity contribution < 1.29 is 5.11 Å². The van der Waals surface area contributed by atoms with E-state index in [0.717, 1.165) is 30.8 Å². The molecule has 2 heteroatoms. The Kier molecular flexibility index (Phi) is 2.66. The van der Waals surface area contributed by atoms with Gasteiger partial charge >= 0.3 is 0 Å². The summed E-state index contributed by atoms with van der Waals surface area (Å²) in [5.41, 5.74) is 0. The predicted molar refractivity (Wildman–Crippen MR) is 48.9 cm³/mol. The summed E-state index contributed by atoms with van der Waals surface area (Å²) in [5.74, 6) is 1.97. The van der Waals surface area contributed by atoms with Crippen LogP contribution in [0.5, 0.6) is 0 Å². The molecule has 0 heterocycles. The number of hydrogen-bond donors (Lipinski definition) is 2. The van der Waals surface area contributed by atoms with E-state index in [-0.39, 0.29) is 0 Å². The molecule has 2 aliphatic rings. The van der Waals surface area contributed by atoms with E-state index in [1.165, 1.54) is 25.7 Å². The zero-order valence-electron chi connectivity index (χ0n) is 7.63. The molecule has 0 amide bonds. The van der Waals surface area contributed by atoms with E-state index in [4.69, 9.17) is 5.11 Å². The number of nitrogens with one attached hydrogen (secondary N) is 1. The predicted octanol–water partition coefficient (Wildman–Crippen LogP) is 1.15. The molecule has 2 nitrogen and oxygen atoms in total. The maximum absolute atomic E-state index is 8.65. The maximum atomic E-state index is 8.65. The summed E-state index contributed by atoms with van der Waals surface area (Å²) >= 11 is 0. The Morgan fingerprint density at radius 3 is 2.17 bits per heavy atom. The Hall–Kier alpha value is -0.0800. The quantitative estimate of drug-likeness (QED) is 0.585. The molecule has 0 aliphatic heterocycles. The molecule has 2 N–H and O–H groups in total. The van der Waals surface area contributed by atoms with Crippen molar-refractivity contribution in [2.45, 2.75) is 38.1 Å². The molecule has 70 valence electrons. The van der Waals surface area contributed by atoms with Crippen molar-refractivity contribution in [2.24, 2.45) is 11.8 Å². The summed E-state index contributed by atoms with van der Waals surface area (Å²) in [6.45, 7) is 1.34. The Bertz CT molecular complexity index is 129. The molecule has 0 aromatic rings. The Balaban J connectivity index is 1.66. The van der Waals surface area contributed by atoms with E-state index in [0.29, 0.717) is 6.61 Å². The highest BCUT2D eigenvalue weighted by Gasteiger charge is 2.40. The van der Waals surface area contributed by atoms with Gasteiger partial charge in [-0.15, -0.1) is 0 Å². The highest BCUT2D eigenvalue weighted by atomic mass is 16.3. The molecule has 2 aliphatic carbocycles. The molecular formula is C10H19NO. The van der Waals surface area contributed by atoms with Crippen molar-refractivity contribution in [3.05, 3.63) is 0 Å². The number of aliphatic hydroxyl groups is 1. The van der Waals surface area contributed by atoms with Crippen molar-refractivity contribution in [2.75, 3.05) is 13.2 Å². The average molecular weight is 169 g/mol. The minimum absolute atomic E-state index is 0.328. The largest absolute Gasteiger partial charge is 0.396 e. The standard InChI is InChI=1S/C10H19NO/c12-7-1-6-11-10(8-2-3-8)9-4-5-9/h8-12H,1-7H2. The van der Waals surface area contributed by atoms with Gasteiger partial charge in [0.1, 0.15) is 0 Å². The fraction of sp³-hybridized carbons (Fsp3) is 1.00. The van der Waals surface area contributed by atoms with Crippen molar-refractivity contribution in [3.63, 3.8) is 0 Å². The molecule has 2 saturated carbocycles. The second-order valence-electron chi connectivity index (χ2n) is 4.23. The normalized spacial score (nSPS) is 23.5. The van der Waals surface area contributed by atoms with Crippen LogP contribution in [0, 0.1) is 11.8 Å². The minimum atomic E-state index is 0.328. The third-order valence-corrected chi connectivity index (χ3v) is 2.97. The van der Waals surface area contributed by atoms with Gasteiger partial charge in [-0.3, -0.25) is 0 Å². The van der Waals surface area contributed by atoms with Gasteiger partial charge in [0, 0.05) is 12.6 Å². The van der Waals surface area contributed by atoms with Crippen LogP contribution < -0.4 is 5.32 Å². The molecule has 0 saturated heterocycles. The first-order valence-corrected chi connectivity index (χ1v) is 5.26. The van der Waals surface area contributed by atoms with Gasteiger partial charge in [0.05, 0.1) is 0 Å². The lowest BCUT2D eigenvalue weighted by molar-refractivity contribution is 0.279. The second kappa shape index (κ2) is 3.75. The molecule has 0 aromatic carbocycles. The van der Waals surface area contributed by atoms with Crippen molar-refractivity contribution in [1.29, 1.82) is 0 Å². The summed E-state index contributed by atoms with van der Waals surface area (Å²) < 4.78 is 0. The highest BCUT2D eigenvalue weighted by Crippen LogP contribution is 2.44. The summed E-state index contributed by atoms with van der Waals surface area (Å²) in [7, 11) is 0. The summed E-state index contributed by atoms with van der Waals surface area (Å²) in [6, 6.07) is 0.802. The zero-order valence-corrected chi connectivity index (χ0v) is 7.63. The van der Waals surface area contributed by atoms with Crippen LogP contribution in [0.15, 0.2) is 0 Å². The number of aliphatic hydroxyl groups excluding tert-OH is 1. The first kappa shape index (κ1) is 8.52. The first-order valence-electron chi connectivity index (χ1n) is 5.26. The van der Waals surface area contributed by atoms with E-state index < -0.39 is 0 Å². The zero-order chi connectivity index (χ0) is 8.39. The first-order chi connectivity index (χ1) is 5.92. The van der Waals surface area contributed by atoms with Gasteiger partial charge in [-0.2, -0.15) is 0 Å². The molecule has 0 unspecified atom stereocenters. The smallest absolute Gasteiger partial charge is 0.0443 e. The van der Waals surface area contributed by atoms with Gasteiger partial charge in [0.2, 0.25) is 0 Å². The van der Waals surface area contributed by atoms with Crippen LogP contribution in [0.25, 0.3) is 0 Å². The Morgan fingerprint density at radius 2 is 1.75 bits per heavy atom. The van der Waals surface area contributed by atoms with Crippen LogP contribution in [-0.4, -0.2) is 24.3 Å². The van der Waals surface area contributed by atoms with E-state index in [9.17, 15) is 0 Å². The van der Waals surface area contributed by atoms with Gasteiger partial charge in [-0.1, -0.05) is 0 Å². The lowest BCUT2D eigenvalue weighted by atomic mass is 10.1. The number of rotatable bonds is 6. The molecule has 2 rings (SSSR count). The van der Waals surface area contributed by atoms with Crippen LogP contribution in [-0.2, 0) is 0 Å². The fourth-order valence-electron chi connectivity index (χ4n) is 1.98. The van der Waals surface area contributed by atoms with Crippen LogP contribution >= 0.6 is 0 Å². The molecule has 0 spiro atoms. The summed E-state index contributed by atoms with van der Waals surface area (Å²) in [4.78, 5) is 0. The van der Waals surface area contributed by atoms with Gasteiger partial charge in [0.15, 0.2) is 0 Å². The fourth-order valence-corrected chi connectivity index (χ4v) is 1.98. The van der Waals surface area contributed by atoms with E-state index in [1.807, 2.05) is 0 Å². The third kappa shape index (κ3) is 2.20. The van der Waals surface area contributed by atoms with Crippen molar-refractivity contribution >= 4 is 0 Å². The van der Waals surface area contributed by atoms with Crippen LogP contribution in [0.2, 0.25) is 0 Å². The lowest BCUT2D eigenvalue weighted by Gasteiger charge is -2.16. The highest BCUT2D eigenvalue weighted by molar-refractivity contribution is 4.96. The van der Waals surface area contributed by atoms with E-state index >= 15 is 0 Å². The van der Waals surface area contributed by atoms with Gasteiger partial charge in [-0.05, 0) is 50.5 Å².